The van der Waals surface area contributed by atoms with Crippen molar-refractivity contribution in [3.8, 4) is 6.07 Å². The molecule has 202 valence electrons. The van der Waals surface area contributed by atoms with Crippen LogP contribution in [0.15, 0.2) is 69.7 Å². The summed E-state index contributed by atoms with van der Waals surface area (Å²) in [4.78, 5) is 41.9. The van der Waals surface area contributed by atoms with Crippen LogP contribution in [-0.2, 0) is 9.59 Å². The van der Waals surface area contributed by atoms with Crippen LogP contribution in [0, 0.1) is 21.4 Å². The number of nitrogens with one attached hydrogen (secondary N) is 1. The van der Waals surface area contributed by atoms with E-state index in [1.807, 2.05) is 6.07 Å². The van der Waals surface area contributed by atoms with Crippen LogP contribution in [0.5, 0.6) is 0 Å². The lowest BCUT2D eigenvalue weighted by Crippen LogP contribution is -2.38. The molecule has 1 aliphatic heterocycles. The fourth-order valence-corrected chi connectivity index (χ4v) is 6.46. The number of nitro groups is 1. The summed E-state index contributed by atoms with van der Waals surface area (Å²) in [6.45, 7) is 0. The summed E-state index contributed by atoms with van der Waals surface area (Å²) in [6.07, 6.45) is 4.81. The zero-order chi connectivity index (χ0) is 28.4. The van der Waals surface area contributed by atoms with Crippen molar-refractivity contribution in [1.29, 1.82) is 5.26 Å². The predicted molar refractivity (Wildman–Crippen MR) is 150 cm³/mol. The number of benzene rings is 1. The summed E-state index contributed by atoms with van der Waals surface area (Å²) in [5.41, 5.74) is 8.57. The summed E-state index contributed by atoms with van der Waals surface area (Å²) in [7, 11) is 0. The number of ketones is 1. The van der Waals surface area contributed by atoms with Crippen LogP contribution < -0.4 is 16.0 Å². The summed E-state index contributed by atoms with van der Waals surface area (Å²) in [5.74, 6) is -0.968. The number of amides is 1. The molecule has 2 aromatic heterocycles. The molecule has 3 heterocycles. The van der Waals surface area contributed by atoms with E-state index in [-0.39, 0.29) is 39.3 Å². The standard InChI is InChI=1S/C25H19ClN8O4S2/c26-16-7-6-14(9-18(16)34(37)38)30-20(36)12-39-25-32-31-24(40-25)33-17-4-1-5-19(35)22(17)21(15(10-27)23(33)28)13-3-2-8-29-11-13/h2-3,6-9,11,21H,1,4-5,12,28H2,(H,30,36). The van der Waals surface area contributed by atoms with Gasteiger partial charge in [-0.05, 0) is 36.6 Å². The molecule has 0 saturated heterocycles. The van der Waals surface area contributed by atoms with E-state index in [0.29, 0.717) is 45.6 Å². The van der Waals surface area contributed by atoms with E-state index in [2.05, 4.69) is 26.6 Å². The van der Waals surface area contributed by atoms with Gasteiger partial charge < -0.3 is 11.1 Å². The monoisotopic (exact) mass is 594 g/mol. The number of halogens is 1. The number of carbonyl (C=O) groups excluding carboxylic acids is 2. The molecule has 0 spiro atoms. The Morgan fingerprint density at radius 1 is 1.35 bits per heavy atom. The predicted octanol–water partition coefficient (Wildman–Crippen LogP) is 4.53. The maximum absolute atomic E-state index is 13.2. The van der Waals surface area contributed by atoms with Crippen LogP contribution in [0.2, 0.25) is 5.02 Å². The molecule has 1 atom stereocenters. The third-order valence-corrected chi connectivity index (χ3v) is 8.63. The van der Waals surface area contributed by atoms with E-state index in [0.717, 1.165) is 23.1 Å². The second-order valence-electron chi connectivity index (χ2n) is 8.71. The maximum Gasteiger partial charge on any atom is 0.289 e. The van der Waals surface area contributed by atoms with Crippen LogP contribution in [0.3, 0.4) is 0 Å². The molecule has 5 rings (SSSR count). The SMILES string of the molecule is N#CC1=C(N)N(c2nnc(SCC(=O)Nc3ccc(Cl)c([N+](=O)[O-])c3)s2)C2=C(C(=O)CCC2)C1c1cccnc1. The second kappa shape index (κ2) is 11.4. The normalized spacial score (nSPS) is 16.9. The molecule has 12 nitrogen and oxygen atoms in total. The Hall–Kier alpha value is -4.32. The number of Topliss-reactive ketones (excluding diaryl/α,β-unsaturated/α-hetero) is 1. The van der Waals surface area contributed by atoms with Crippen molar-refractivity contribution in [2.24, 2.45) is 5.73 Å². The van der Waals surface area contributed by atoms with Crippen molar-refractivity contribution in [2.75, 3.05) is 16.0 Å². The summed E-state index contributed by atoms with van der Waals surface area (Å²) < 4.78 is 0.456. The van der Waals surface area contributed by atoms with Crippen molar-refractivity contribution < 1.29 is 14.5 Å². The highest BCUT2D eigenvalue weighted by molar-refractivity contribution is 8.01. The number of aromatic nitrogens is 3. The number of nitrogens with zero attached hydrogens (tertiary/aromatic N) is 6. The Labute approximate surface area is 240 Å². The number of allylic oxidation sites excluding steroid dienone is 3. The first-order valence-electron chi connectivity index (χ1n) is 11.8. The molecule has 3 N–H and O–H groups in total. The van der Waals surface area contributed by atoms with Gasteiger partial charge in [0, 0.05) is 41.8 Å². The topological polar surface area (TPSA) is 181 Å². The molecule has 1 aromatic carbocycles. The van der Waals surface area contributed by atoms with Gasteiger partial charge in [-0.15, -0.1) is 10.2 Å². The number of nitrogens with two attached hydrogens (primary N) is 1. The van der Waals surface area contributed by atoms with E-state index in [4.69, 9.17) is 17.3 Å². The highest BCUT2D eigenvalue weighted by Crippen LogP contribution is 2.47. The largest absolute Gasteiger partial charge is 0.384 e. The second-order valence-corrected chi connectivity index (χ2v) is 11.3. The summed E-state index contributed by atoms with van der Waals surface area (Å²) in [6, 6.07) is 9.74. The molecule has 1 aliphatic carbocycles. The Balaban J connectivity index is 1.38. The van der Waals surface area contributed by atoms with E-state index >= 15 is 0 Å². The molecule has 40 heavy (non-hydrogen) atoms. The number of carbonyl (C=O) groups is 2. The van der Waals surface area contributed by atoms with Gasteiger partial charge in [0.1, 0.15) is 10.8 Å². The minimum Gasteiger partial charge on any atom is -0.384 e. The number of thioether (sulfide) groups is 1. The molecule has 1 unspecified atom stereocenters. The van der Waals surface area contributed by atoms with Gasteiger partial charge in [-0.25, -0.2) is 0 Å². The van der Waals surface area contributed by atoms with E-state index in [1.165, 1.54) is 18.2 Å². The molecule has 2 aliphatic rings. The number of hydrogen-bond donors (Lipinski definition) is 2. The van der Waals surface area contributed by atoms with Crippen LogP contribution in [-0.4, -0.2) is 37.5 Å². The highest BCUT2D eigenvalue weighted by Gasteiger charge is 2.41. The molecule has 0 radical (unpaired) electrons. The van der Waals surface area contributed by atoms with Crippen LogP contribution >= 0.6 is 34.7 Å². The van der Waals surface area contributed by atoms with Gasteiger partial charge in [0.2, 0.25) is 11.0 Å². The third kappa shape index (κ3) is 5.26. The smallest absolute Gasteiger partial charge is 0.289 e. The zero-order valence-corrected chi connectivity index (χ0v) is 22.9. The van der Waals surface area contributed by atoms with Crippen LogP contribution in [0.25, 0.3) is 0 Å². The fourth-order valence-electron chi connectivity index (χ4n) is 4.59. The number of pyridine rings is 1. The van der Waals surface area contributed by atoms with E-state index < -0.39 is 16.7 Å². The quantitative estimate of drug-likeness (QED) is 0.223. The van der Waals surface area contributed by atoms with Crippen LogP contribution in [0.1, 0.15) is 30.7 Å². The average Bonchev–Trinajstić information content (AvgIpc) is 3.41. The zero-order valence-electron chi connectivity index (χ0n) is 20.5. The van der Waals surface area contributed by atoms with Crippen molar-refractivity contribution in [3.05, 3.63) is 86.1 Å². The lowest BCUT2D eigenvalue weighted by atomic mass is 9.76. The highest BCUT2D eigenvalue weighted by atomic mass is 35.5. The molecule has 0 bridgehead atoms. The Morgan fingerprint density at radius 3 is 2.90 bits per heavy atom. The molecule has 0 fully saturated rings. The van der Waals surface area contributed by atoms with Crippen LogP contribution in [0.4, 0.5) is 16.5 Å². The number of hydrogen-bond acceptors (Lipinski definition) is 12. The van der Waals surface area contributed by atoms with Gasteiger partial charge in [-0.1, -0.05) is 40.8 Å². The van der Waals surface area contributed by atoms with Gasteiger partial charge >= 0.3 is 0 Å². The van der Waals surface area contributed by atoms with Crippen molar-refractivity contribution in [3.63, 3.8) is 0 Å². The van der Waals surface area contributed by atoms with E-state index in [9.17, 15) is 25.0 Å². The molecule has 0 saturated carbocycles. The van der Waals surface area contributed by atoms with Gasteiger partial charge in [0.15, 0.2) is 10.1 Å². The molecule has 15 heteroatoms. The minimum absolute atomic E-state index is 0.0333. The first kappa shape index (κ1) is 27.3. The molecule has 1 amide bonds. The first-order chi connectivity index (χ1) is 19.3. The molecular formula is C25H19ClN8O4S2. The van der Waals surface area contributed by atoms with Gasteiger partial charge in [-0.2, -0.15) is 5.26 Å². The Kier molecular flexibility index (Phi) is 7.78. The number of nitro benzene ring substituents is 1. The third-order valence-electron chi connectivity index (χ3n) is 6.27. The first-order valence-corrected chi connectivity index (χ1v) is 14.0. The van der Waals surface area contributed by atoms with E-state index in [1.54, 1.807) is 23.4 Å². The summed E-state index contributed by atoms with van der Waals surface area (Å²) >= 11 is 8.10. The van der Waals surface area contributed by atoms with Crippen molar-refractivity contribution >= 4 is 62.9 Å². The summed E-state index contributed by atoms with van der Waals surface area (Å²) in [5, 5.41) is 32.5. The van der Waals surface area contributed by atoms with Gasteiger partial charge in [-0.3, -0.25) is 29.6 Å². The average molecular weight is 595 g/mol. The minimum atomic E-state index is -0.631. The van der Waals surface area contributed by atoms with Gasteiger partial charge in [0.05, 0.1) is 28.2 Å². The number of rotatable bonds is 7. The number of nitriles is 1. The Morgan fingerprint density at radius 2 is 2.17 bits per heavy atom. The number of anilines is 2. The van der Waals surface area contributed by atoms with Gasteiger partial charge in [0.25, 0.3) is 5.69 Å². The lowest BCUT2D eigenvalue weighted by molar-refractivity contribution is -0.384. The molecule has 3 aromatic rings. The molecular weight excluding hydrogens is 576 g/mol. The van der Waals surface area contributed by atoms with Crippen molar-refractivity contribution in [1.82, 2.24) is 15.2 Å². The maximum atomic E-state index is 13.2. The van der Waals surface area contributed by atoms with Crippen molar-refractivity contribution in [2.45, 2.75) is 29.5 Å². The fraction of sp³-hybridized carbons (Fsp3) is 0.200. The Bertz CT molecular complexity index is 1630. The lowest BCUT2D eigenvalue weighted by Gasteiger charge is -2.37.